The molecule has 0 atom stereocenters. The highest BCUT2D eigenvalue weighted by molar-refractivity contribution is 6.37. The molecule has 7 heteroatoms. The van der Waals surface area contributed by atoms with Crippen LogP contribution in [0.15, 0.2) is 108 Å². The molecule has 1 aliphatic heterocycles. The quantitative estimate of drug-likeness (QED) is 0.234. The number of carbonyl (C=O) groups is 1. The van der Waals surface area contributed by atoms with Gasteiger partial charge in [0.1, 0.15) is 12.3 Å². The number of rotatable bonds is 7. The van der Waals surface area contributed by atoms with E-state index in [-0.39, 0.29) is 5.91 Å². The molecule has 0 bridgehead atoms. The van der Waals surface area contributed by atoms with E-state index in [4.69, 9.17) is 32.7 Å². The average Bonchev–Trinajstić information content (AvgIpc) is 3.25. The molecule has 0 fully saturated rings. The number of anilines is 1. The maximum Gasteiger partial charge on any atom is 0.281 e. The van der Waals surface area contributed by atoms with Crippen LogP contribution in [0.3, 0.4) is 0 Å². The first-order valence-corrected chi connectivity index (χ1v) is 12.3. The number of amides is 1. The lowest BCUT2D eigenvalue weighted by molar-refractivity contribution is -0.114. The second-order valence-electron chi connectivity index (χ2n) is 8.27. The summed E-state index contributed by atoms with van der Waals surface area (Å²) in [5.41, 5.74) is 4.17. The summed E-state index contributed by atoms with van der Waals surface area (Å²) in [6.45, 7) is 0.295. The monoisotopic (exact) mass is 528 g/mol. The molecule has 1 heterocycles. The van der Waals surface area contributed by atoms with Gasteiger partial charge in [0.2, 0.25) is 0 Å². The van der Waals surface area contributed by atoms with Crippen molar-refractivity contribution in [2.75, 3.05) is 12.1 Å². The molecule has 0 radical (unpaired) electrons. The van der Waals surface area contributed by atoms with E-state index in [0.717, 1.165) is 11.1 Å². The molecule has 0 spiro atoms. The Labute approximate surface area is 225 Å². The highest BCUT2D eigenvalue weighted by Gasteiger charge is 2.32. The lowest BCUT2D eigenvalue weighted by Gasteiger charge is -2.14. The van der Waals surface area contributed by atoms with Gasteiger partial charge in [-0.15, -0.1) is 0 Å². The fourth-order valence-electron chi connectivity index (χ4n) is 3.96. The van der Waals surface area contributed by atoms with Crippen LogP contribution in [0.25, 0.3) is 6.08 Å². The van der Waals surface area contributed by atoms with Gasteiger partial charge in [-0.1, -0.05) is 83.9 Å². The second kappa shape index (κ2) is 10.9. The molecule has 0 saturated carbocycles. The first-order valence-electron chi connectivity index (χ1n) is 11.5. The van der Waals surface area contributed by atoms with Gasteiger partial charge in [0, 0.05) is 10.6 Å². The van der Waals surface area contributed by atoms with Gasteiger partial charge in [-0.3, -0.25) is 4.79 Å². The van der Waals surface area contributed by atoms with Gasteiger partial charge < -0.3 is 9.47 Å². The maximum atomic E-state index is 13.5. The Morgan fingerprint density at radius 3 is 2.24 bits per heavy atom. The summed E-state index contributed by atoms with van der Waals surface area (Å²) in [7, 11) is 1.55. The highest BCUT2D eigenvalue weighted by atomic mass is 35.5. The molecule has 0 unspecified atom stereocenters. The Hall–Kier alpha value is -4.06. The number of methoxy groups -OCH3 is 1. The van der Waals surface area contributed by atoms with E-state index < -0.39 is 0 Å². The zero-order valence-corrected chi connectivity index (χ0v) is 21.4. The predicted octanol–water partition coefficient (Wildman–Crippen LogP) is 7.42. The topological polar surface area (TPSA) is 51.1 Å². The number of hydrogen-bond donors (Lipinski definition) is 0. The third kappa shape index (κ3) is 5.38. The van der Waals surface area contributed by atoms with Crippen molar-refractivity contribution in [3.05, 3.63) is 129 Å². The van der Waals surface area contributed by atoms with Crippen molar-refractivity contribution in [1.82, 2.24) is 0 Å². The number of ether oxygens (including phenoxy) is 2. The van der Waals surface area contributed by atoms with Crippen LogP contribution in [0.1, 0.15) is 16.7 Å². The Morgan fingerprint density at radius 2 is 1.57 bits per heavy atom. The number of carbonyl (C=O) groups excluding carboxylic acids is 1. The molecule has 5 nitrogen and oxygen atoms in total. The Bertz CT molecular complexity index is 1490. The van der Waals surface area contributed by atoms with Gasteiger partial charge in [0.25, 0.3) is 5.91 Å². The van der Waals surface area contributed by atoms with Gasteiger partial charge >= 0.3 is 0 Å². The number of hydrogen-bond acceptors (Lipinski definition) is 4. The summed E-state index contributed by atoms with van der Waals surface area (Å²) in [6, 6.07) is 29.8. The van der Waals surface area contributed by atoms with E-state index >= 15 is 0 Å². The van der Waals surface area contributed by atoms with Gasteiger partial charge in [-0.05, 0) is 53.6 Å². The van der Waals surface area contributed by atoms with E-state index in [1.165, 1.54) is 5.01 Å². The number of para-hydroxylation sites is 1. The minimum atomic E-state index is -0.233. The summed E-state index contributed by atoms with van der Waals surface area (Å²) in [5.74, 6) is 0.641. The summed E-state index contributed by atoms with van der Waals surface area (Å²) >= 11 is 12.6. The normalized spacial score (nSPS) is 14.1. The van der Waals surface area contributed by atoms with Crippen molar-refractivity contribution in [2.45, 2.75) is 6.61 Å². The van der Waals surface area contributed by atoms with Gasteiger partial charge in [-0.25, -0.2) is 0 Å². The first kappa shape index (κ1) is 24.6. The first-order chi connectivity index (χ1) is 18.0. The van der Waals surface area contributed by atoms with Crippen LogP contribution in [0.4, 0.5) is 5.69 Å². The van der Waals surface area contributed by atoms with Gasteiger partial charge in [0.15, 0.2) is 11.5 Å². The summed E-state index contributed by atoms with van der Waals surface area (Å²) < 4.78 is 11.6. The predicted molar refractivity (Wildman–Crippen MR) is 149 cm³/mol. The molecule has 0 aliphatic carbocycles. The number of hydrazone groups is 1. The molecular formula is C30H22Cl2N2O3. The number of nitrogens with zero attached hydrogens (tertiary/aromatic N) is 2. The molecule has 1 amide bonds. The van der Waals surface area contributed by atoms with Crippen LogP contribution in [0.2, 0.25) is 10.0 Å². The standard InChI is InChI=1S/C30H22Cl2N2O3/c1-36-27-18-21(17-26(32)29(27)37-19-20-12-14-23(31)15-13-20)16-25-28(22-8-4-2-5-9-22)33-34(30(25)35)24-10-6-3-7-11-24/h2-18H,19H2,1H3/b25-16-. The largest absolute Gasteiger partial charge is 0.493 e. The van der Waals surface area contributed by atoms with E-state index in [0.29, 0.717) is 50.7 Å². The molecule has 0 N–H and O–H groups in total. The lowest BCUT2D eigenvalue weighted by Crippen LogP contribution is -2.21. The van der Waals surface area contributed by atoms with Crippen molar-refractivity contribution in [3.63, 3.8) is 0 Å². The second-order valence-corrected chi connectivity index (χ2v) is 9.12. The van der Waals surface area contributed by atoms with E-state index in [9.17, 15) is 4.79 Å². The van der Waals surface area contributed by atoms with Crippen LogP contribution in [0.5, 0.6) is 11.5 Å². The van der Waals surface area contributed by atoms with Crippen LogP contribution in [-0.2, 0) is 11.4 Å². The third-order valence-corrected chi connectivity index (χ3v) is 6.32. The molecule has 5 rings (SSSR count). The van der Waals surface area contributed by atoms with Crippen molar-refractivity contribution in [2.24, 2.45) is 5.10 Å². The Morgan fingerprint density at radius 1 is 0.892 bits per heavy atom. The molecule has 1 aliphatic rings. The van der Waals surface area contributed by atoms with Gasteiger partial charge in [0.05, 0.1) is 23.4 Å². The maximum absolute atomic E-state index is 13.5. The van der Waals surface area contributed by atoms with Crippen LogP contribution >= 0.6 is 23.2 Å². The smallest absolute Gasteiger partial charge is 0.281 e. The van der Waals surface area contributed by atoms with Crippen molar-refractivity contribution in [3.8, 4) is 11.5 Å². The minimum absolute atomic E-state index is 0.233. The summed E-state index contributed by atoms with van der Waals surface area (Å²) in [4.78, 5) is 13.5. The lowest BCUT2D eigenvalue weighted by atomic mass is 10.00. The molecule has 0 aromatic heterocycles. The SMILES string of the molecule is COc1cc(/C=C2\C(=O)N(c3ccccc3)N=C2c2ccccc2)cc(Cl)c1OCc1ccc(Cl)cc1. The summed E-state index contributed by atoms with van der Waals surface area (Å²) in [5, 5.41) is 7.11. The van der Waals surface area contributed by atoms with Crippen molar-refractivity contribution < 1.29 is 14.3 Å². The highest BCUT2D eigenvalue weighted by Crippen LogP contribution is 2.38. The molecule has 0 saturated heterocycles. The Balaban J connectivity index is 1.50. The fraction of sp³-hybridized carbons (Fsp3) is 0.0667. The zero-order chi connectivity index (χ0) is 25.8. The van der Waals surface area contributed by atoms with Crippen LogP contribution in [-0.4, -0.2) is 18.7 Å². The van der Waals surface area contributed by atoms with E-state index in [1.807, 2.05) is 72.8 Å². The van der Waals surface area contributed by atoms with E-state index in [1.54, 1.807) is 37.5 Å². The fourth-order valence-corrected chi connectivity index (χ4v) is 4.36. The molecule has 37 heavy (non-hydrogen) atoms. The third-order valence-electron chi connectivity index (χ3n) is 5.79. The average molecular weight is 529 g/mol. The Kier molecular flexibility index (Phi) is 7.26. The van der Waals surface area contributed by atoms with Crippen molar-refractivity contribution >= 4 is 46.6 Å². The number of benzene rings is 4. The number of halogens is 2. The molecular weight excluding hydrogens is 507 g/mol. The zero-order valence-electron chi connectivity index (χ0n) is 19.9. The molecule has 4 aromatic rings. The molecule has 4 aromatic carbocycles. The van der Waals surface area contributed by atoms with Crippen molar-refractivity contribution in [1.29, 1.82) is 0 Å². The summed E-state index contributed by atoms with van der Waals surface area (Å²) in [6.07, 6.45) is 1.77. The minimum Gasteiger partial charge on any atom is -0.493 e. The van der Waals surface area contributed by atoms with Gasteiger partial charge in [-0.2, -0.15) is 10.1 Å². The molecule has 184 valence electrons. The van der Waals surface area contributed by atoms with E-state index in [2.05, 4.69) is 5.10 Å². The van der Waals surface area contributed by atoms with Crippen LogP contribution < -0.4 is 14.5 Å². The van der Waals surface area contributed by atoms with Crippen LogP contribution in [0, 0.1) is 0 Å².